The van der Waals surface area contributed by atoms with Crippen LogP contribution in [-0.4, -0.2) is 71.2 Å². The summed E-state index contributed by atoms with van der Waals surface area (Å²) in [5, 5.41) is 3.70. The molecule has 0 bridgehead atoms. The van der Waals surface area contributed by atoms with Crippen molar-refractivity contribution in [2.75, 3.05) is 62.8 Å². The lowest BCUT2D eigenvalue weighted by Gasteiger charge is -2.31. The number of amides is 1. The number of hydrogen-bond donors (Lipinski definition) is 1. The number of fused-ring (bicyclic) bond motifs is 1. The first kappa shape index (κ1) is 21.9. The maximum atomic E-state index is 13.2. The largest absolute Gasteiger partial charge is 0.451 e. The SMILES string of the molecule is O=C(Nc1cc(S(=O)(=O)N2CCOCC2)ccc1N1CCOCC1)c1cc2ccccc2o1. The lowest BCUT2D eigenvalue weighted by molar-refractivity contribution is 0.0730. The standard InChI is InChI=1S/C23H25N3O6S/c27-23(22-15-17-3-1-2-4-21(17)32-22)24-19-16-18(33(28,29)26-9-13-31-14-10-26)5-6-20(19)25-7-11-30-12-8-25/h1-6,15-16H,7-14H2,(H,24,27). The van der Waals surface area contributed by atoms with Gasteiger partial charge in [0.05, 0.1) is 42.7 Å². The summed E-state index contributed by atoms with van der Waals surface area (Å²) < 4.78 is 44.2. The van der Waals surface area contributed by atoms with E-state index in [4.69, 9.17) is 13.9 Å². The number of para-hydroxylation sites is 1. The lowest BCUT2D eigenvalue weighted by atomic mass is 10.2. The highest BCUT2D eigenvalue weighted by atomic mass is 32.2. The van der Waals surface area contributed by atoms with Crippen molar-refractivity contribution < 1.29 is 27.1 Å². The van der Waals surface area contributed by atoms with E-state index in [0.29, 0.717) is 63.9 Å². The Hall–Kier alpha value is -2.92. The highest BCUT2D eigenvalue weighted by Crippen LogP contribution is 2.32. The number of furan rings is 1. The van der Waals surface area contributed by atoms with Gasteiger partial charge in [-0.3, -0.25) is 4.79 Å². The zero-order chi connectivity index (χ0) is 22.8. The Kier molecular flexibility index (Phi) is 6.07. The van der Waals surface area contributed by atoms with Gasteiger partial charge in [0.2, 0.25) is 10.0 Å². The van der Waals surface area contributed by atoms with Crippen molar-refractivity contribution >= 4 is 38.3 Å². The van der Waals surface area contributed by atoms with Gasteiger partial charge in [-0.1, -0.05) is 18.2 Å². The van der Waals surface area contributed by atoms with Crippen molar-refractivity contribution in [1.29, 1.82) is 0 Å². The number of carbonyl (C=O) groups excluding carboxylic acids is 1. The summed E-state index contributed by atoms with van der Waals surface area (Å²) in [4.78, 5) is 15.3. The molecular weight excluding hydrogens is 446 g/mol. The van der Waals surface area contributed by atoms with E-state index in [0.717, 1.165) is 11.1 Å². The molecule has 2 aliphatic heterocycles. The number of morpholine rings is 2. The molecule has 0 saturated carbocycles. The predicted molar refractivity (Wildman–Crippen MR) is 123 cm³/mol. The summed E-state index contributed by atoms with van der Waals surface area (Å²) in [5.41, 5.74) is 1.76. The van der Waals surface area contributed by atoms with Gasteiger partial charge in [-0.15, -0.1) is 0 Å². The fraction of sp³-hybridized carbons (Fsp3) is 0.348. The highest BCUT2D eigenvalue weighted by molar-refractivity contribution is 7.89. The smallest absolute Gasteiger partial charge is 0.291 e. The predicted octanol–water partition coefficient (Wildman–Crippen LogP) is 2.54. The third-order valence-corrected chi connectivity index (χ3v) is 7.72. The van der Waals surface area contributed by atoms with E-state index in [1.165, 1.54) is 10.4 Å². The summed E-state index contributed by atoms with van der Waals surface area (Å²) in [7, 11) is -3.72. The van der Waals surface area contributed by atoms with Crippen molar-refractivity contribution in [1.82, 2.24) is 4.31 Å². The van der Waals surface area contributed by atoms with E-state index in [1.54, 1.807) is 24.3 Å². The van der Waals surface area contributed by atoms with Crippen LogP contribution in [0.5, 0.6) is 0 Å². The second-order valence-corrected chi connectivity index (χ2v) is 9.84. The molecule has 1 aromatic heterocycles. The van der Waals surface area contributed by atoms with E-state index < -0.39 is 15.9 Å². The van der Waals surface area contributed by atoms with Gasteiger partial charge in [-0.25, -0.2) is 8.42 Å². The van der Waals surface area contributed by atoms with Crippen LogP contribution < -0.4 is 10.2 Å². The van der Waals surface area contributed by atoms with Crippen LogP contribution in [0.25, 0.3) is 11.0 Å². The Morgan fingerprint density at radius 3 is 2.30 bits per heavy atom. The van der Waals surface area contributed by atoms with Gasteiger partial charge in [0.25, 0.3) is 5.91 Å². The molecule has 3 heterocycles. The minimum absolute atomic E-state index is 0.126. The fourth-order valence-corrected chi connectivity index (χ4v) is 5.50. The van der Waals surface area contributed by atoms with Crippen molar-refractivity contribution in [3.63, 3.8) is 0 Å². The highest BCUT2D eigenvalue weighted by Gasteiger charge is 2.28. The normalized spacial score (nSPS) is 17.9. The van der Waals surface area contributed by atoms with Gasteiger partial charge in [-0.05, 0) is 30.3 Å². The van der Waals surface area contributed by atoms with Crippen LogP contribution in [0.15, 0.2) is 57.8 Å². The zero-order valence-corrected chi connectivity index (χ0v) is 18.8. The topological polar surface area (TPSA) is 101 Å². The molecule has 0 spiro atoms. The molecule has 10 heteroatoms. The maximum absolute atomic E-state index is 13.2. The molecule has 0 atom stereocenters. The molecule has 2 aliphatic rings. The van der Waals surface area contributed by atoms with Crippen LogP contribution >= 0.6 is 0 Å². The van der Waals surface area contributed by atoms with E-state index in [-0.39, 0.29) is 10.7 Å². The number of sulfonamides is 1. The van der Waals surface area contributed by atoms with Gasteiger partial charge in [0, 0.05) is 31.6 Å². The van der Waals surface area contributed by atoms with Crippen molar-refractivity contribution in [2.45, 2.75) is 4.90 Å². The third kappa shape index (κ3) is 4.47. The minimum atomic E-state index is -3.72. The van der Waals surface area contributed by atoms with Crippen LogP contribution in [-0.2, 0) is 19.5 Å². The van der Waals surface area contributed by atoms with Crippen molar-refractivity contribution in [3.8, 4) is 0 Å². The Labute approximate surface area is 191 Å². The van der Waals surface area contributed by atoms with Gasteiger partial charge in [0.1, 0.15) is 5.58 Å². The lowest BCUT2D eigenvalue weighted by Crippen LogP contribution is -2.40. The molecular formula is C23H25N3O6S. The summed E-state index contributed by atoms with van der Waals surface area (Å²) in [6.07, 6.45) is 0. The van der Waals surface area contributed by atoms with E-state index in [9.17, 15) is 13.2 Å². The molecule has 0 radical (unpaired) electrons. The fourth-order valence-electron chi connectivity index (χ4n) is 4.07. The Morgan fingerprint density at radius 1 is 0.879 bits per heavy atom. The quantitative estimate of drug-likeness (QED) is 0.610. The molecule has 1 amide bonds. The molecule has 33 heavy (non-hydrogen) atoms. The van der Waals surface area contributed by atoms with E-state index in [1.807, 2.05) is 18.2 Å². The molecule has 3 aromatic rings. The van der Waals surface area contributed by atoms with E-state index in [2.05, 4.69) is 10.2 Å². The second-order valence-electron chi connectivity index (χ2n) is 7.90. The van der Waals surface area contributed by atoms with Crippen LogP contribution in [0, 0.1) is 0 Å². The summed E-state index contributed by atoms with van der Waals surface area (Å²) in [5.74, 6) is -0.285. The van der Waals surface area contributed by atoms with Crippen LogP contribution in [0.2, 0.25) is 0 Å². The number of benzene rings is 2. The molecule has 174 valence electrons. The molecule has 2 aromatic carbocycles. The molecule has 2 fully saturated rings. The first-order valence-electron chi connectivity index (χ1n) is 10.9. The van der Waals surface area contributed by atoms with Crippen LogP contribution in [0.3, 0.4) is 0 Å². The van der Waals surface area contributed by atoms with Gasteiger partial charge in [-0.2, -0.15) is 4.31 Å². The zero-order valence-electron chi connectivity index (χ0n) is 18.0. The van der Waals surface area contributed by atoms with E-state index >= 15 is 0 Å². The average Bonchev–Trinajstić information content (AvgIpc) is 3.30. The first-order chi connectivity index (χ1) is 16.0. The molecule has 2 saturated heterocycles. The first-order valence-corrected chi connectivity index (χ1v) is 12.3. The minimum Gasteiger partial charge on any atom is -0.451 e. The van der Waals surface area contributed by atoms with Gasteiger partial charge < -0.3 is 24.1 Å². The third-order valence-electron chi connectivity index (χ3n) is 5.83. The van der Waals surface area contributed by atoms with Crippen LogP contribution in [0.1, 0.15) is 10.6 Å². The van der Waals surface area contributed by atoms with Gasteiger partial charge >= 0.3 is 0 Å². The molecule has 0 aliphatic carbocycles. The number of carbonyl (C=O) groups is 1. The monoisotopic (exact) mass is 471 g/mol. The van der Waals surface area contributed by atoms with Crippen molar-refractivity contribution in [3.05, 3.63) is 54.3 Å². The summed E-state index contributed by atoms with van der Waals surface area (Å²) >= 11 is 0. The average molecular weight is 472 g/mol. The summed E-state index contributed by atoms with van der Waals surface area (Å²) in [6.45, 7) is 3.73. The maximum Gasteiger partial charge on any atom is 0.291 e. The number of nitrogens with one attached hydrogen (secondary N) is 1. The number of rotatable bonds is 5. The number of anilines is 2. The Morgan fingerprint density at radius 2 is 1.58 bits per heavy atom. The van der Waals surface area contributed by atoms with Crippen molar-refractivity contribution in [2.24, 2.45) is 0 Å². The Bertz CT molecular complexity index is 1230. The molecule has 1 N–H and O–H groups in total. The number of hydrogen-bond acceptors (Lipinski definition) is 7. The number of nitrogens with zero attached hydrogens (tertiary/aromatic N) is 2. The number of ether oxygens (including phenoxy) is 2. The Balaban J connectivity index is 1.49. The summed E-state index contributed by atoms with van der Waals surface area (Å²) in [6, 6.07) is 13.9. The second kappa shape index (κ2) is 9.14. The van der Waals surface area contributed by atoms with Crippen LogP contribution in [0.4, 0.5) is 11.4 Å². The molecule has 9 nitrogen and oxygen atoms in total. The van der Waals surface area contributed by atoms with Gasteiger partial charge in [0.15, 0.2) is 5.76 Å². The molecule has 5 rings (SSSR count). The molecule has 0 unspecified atom stereocenters.